The third-order valence-corrected chi connectivity index (χ3v) is 13.9. The molecule has 9 nitrogen and oxygen atoms in total. The quantitative estimate of drug-likeness (QED) is 0.180. The van der Waals surface area contributed by atoms with Gasteiger partial charge >= 0.3 is 12.1 Å². The maximum atomic E-state index is 13.8. The number of carbonyl (C=O) groups is 2. The average molecular weight is 629 g/mol. The Labute approximate surface area is 256 Å². The molecular weight excluding hydrogens is 581 g/mol. The number of pyridine rings is 1. The van der Waals surface area contributed by atoms with E-state index in [2.05, 4.69) is 53.5 Å². The normalized spacial score (nSPS) is 13.0. The van der Waals surface area contributed by atoms with Crippen molar-refractivity contribution in [2.45, 2.75) is 104 Å². The lowest BCUT2D eigenvalue weighted by molar-refractivity contribution is 0.0546. The number of fused-ring (bicyclic) bond motifs is 1. The fraction of sp³-hybridized carbons (Fsp3) is 0.531. The zero-order valence-electron chi connectivity index (χ0n) is 27.6. The lowest BCUT2D eigenvalue weighted by atomic mass is 10.1. The minimum Gasteiger partial charge on any atom is -0.478 e. The Kier molecular flexibility index (Phi) is 10.1. The van der Waals surface area contributed by atoms with E-state index in [4.69, 9.17) is 13.9 Å². The van der Waals surface area contributed by atoms with Crippen LogP contribution in [0.25, 0.3) is 22.2 Å². The second-order valence-electron chi connectivity index (χ2n) is 14.9. The van der Waals surface area contributed by atoms with Gasteiger partial charge in [-0.2, -0.15) is 0 Å². The van der Waals surface area contributed by atoms with Crippen molar-refractivity contribution in [3.8, 4) is 11.3 Å². The fourth-order valence-electron chi connectivity index (χ4n) is 4.11. The van der Waals surface area contributed by atoms with E-state index in [0.717, 1.165) is 11.6 Å². The number of aromatic nitrogens is 2. The minimum absolute atomic E-state index is 0.0533. The van der Waals surface area contributed by atoms with Crippen molar-refractivity contribution >= 4 is 39.4 Å². The maximum absolute atomic E-state index is 13.8. The highest BCUT2D eigenvalue weighted by Crippen LogP contribution is 2.37. The summed E-state index contributed by atoms with van der Waals surface area (Å²) in [7, 11) is -3.36. The van der Waals surface area contributed by atoms with Gasteiger partial charge in [0.15, 0.2) is 8.32 Å². The first-order chi connectivity index (χ1) is 19.6. The van der Waals surface area contributed by atoms with Gasteiger partial charge in [0.05, 0.1) is 28.9 Å². The van der Waals surface area contributed by atoms with Crippen molar-refractivity contribution in [2.24, 2.45) is 0 Å². The average Bonchev–Trinajstić information content (AvgIpc) is 3.22. The monoisotopic (exact) mass is 628 g/mol. The number of ether oxygens (including phenoxy) is 2. The Morgan fingerprint density at radius 3 is 2.16 bits per heavy atom. The number of carboxylic acid groups (broad SMARTS) is 1. The van der Waals surface area contributed by atoms with Crippen molar-refractivity contribution in [3.63, 3.8) is 0 Å². The van der Waals surface area contributed by atoms with E-state index in [0.29, 0.717) is 24.1 Å². The van der Waals surface area contributed by atoms with E-state index in [1.165, 1.54) is 21.4 Å². The molecule has 0 spiro atoms. The van der Waals surface area contributed by atoms with Crippen LogP contribution in [-0.2, 0) is 27.2 Å². The first-order valence-electron chi connectivity index (χ1n) is 14.7. The molecule has 2 heterocycles. The Morgan fingerprint density at radius 1 is 0.953 bits per heavy atom. The molecule has 0 amide bonds. The van der Waals surface area contributed by atoms with Gasteiger partial charge in [-0.05, 0) is 74.8 Å². The number of hydrogen-bond donors (Lipinski definition) is 1. The maximum Gasteiger partial charge on any atom is 0.419 e. The molecule has 11 heteroatoms. The van der Waals surface area contributed by atoms with Crippen molar-refractivity contribution in [3.05, 3.63) is 58.0 Å². The molecule has 1 N–H and O–H groups in total. The van der Waals surface area contributed by atoms with Crippen molar-refractivity contribution in [2.75, 3.05) is 6.61 Å². The zero-order chi connectivity index (χ0) is 32.5. The SMILES string of the molecule is CC(C)(C)OC(=O)n1c(-c2cc(C(=O)O)cn(COCC[Si](C)(C)C)c2=O)cc2cc(CO[Si](C)(C)C(C)(C)C)ccc21. The molecular formula is C32H48N2O7Si2. The number of aromatic carboxylic acids is 1. The summed E-state index contributed by atoms with van der Waals surface area (Å²) in [5.74, 6) is -1.19. The van der Waals surface area contributed by atoms with Gasteiger partial charge in [-0.25, -0.2) is 14.2 Å². The summed E-state index contributed by atoms with van der Waals surface area (Å²) in [6, 6.07) is 9.59. The van der Waals surface area contributed by atoms with Crippen LogP contribution in [0, 0.1) is 0 Å². The van der Waals surface area contributed by atoms with E-state index in [-0.39, 0.29) is 28.6 Å². The molecule has 1 aromatic carbocycles. The van der Waals surface area contributed by atoms with Crippen LogP contribution in [-0.4, -0.2) is 54.9 Å². The summed E-state index contributed by atoms with van der Waals surface area (Å²) in [5, 5.41) is 10.6. The van der Waals surface area contributed by atoms with Gasteiger partial charge in [-0.3, -0.25) is 9.36 Å². The molecule has 0 unspecified atom stereocenters. The molecule has 3 aromatic rings. The summed E-state index contributed by atoms with van der Waals surface area (Å²) < 4.78 is 20.5. The highest BCUT2D eigenvalue weighted by atomic mass is 28.4. The predicted octanol–water partition coefficient (Wildman–Crippen LogP) is 7.79. The number of rotatable bonds is 10. The third-order valence-electron chi connectivity index (χ3n) is 7.68. The van der Waals surface area contributed by atoms with E-state index in [1.807, 2.05) is 18.2 Å². The van der Waals surface area contributed by atoms with Crippen LogP contribution in [0.5, 0.6) is 0 Å². The molecule has 0 saturated carbocycles. The van der Waals surface area contributed by atoms with Gasteiger partial charge < -0.3 is 19.0 Å². The van der Waals surface area contributed by atoms with Crippen LogP contribution in [0.2, 0.25) is 43.8 Å². The Hall–Kier alpha value is -3.00. The first-order valence-corrected chi connectivity index (χ1v) is 21.3. The standard InChI is InChI=1S/C32H48N2O7Si2/c1-31(2,3)41-30(38)34-26-13-12-22(20-40-43(10,11)32(4,5)6)16-23(26)18-27(34)25-17-24(29(36)37)19-33(28(25)35)21-39-14-15-42(7,8)9/h12-13,16-19H,14-15,20-21H2,1-11H3,(H,36,37). The van der Waals surface area contributed by atoms with Gasteiger partial charge in [0.2, 0.25) is 0 Å². The molecule has 3 rings (SSSR count). The van der Waals surface area contributed by atoms with Crippen LogP contribution in [0.4, 0.5) is 4.79 Å². The van der Waals surface area contributed by atoms with Crippen molar-refractivity contribution < 1.29 is 28.6 Å². The molecule has 0 fully saturated rings. The predicted molar refractivity (Wildman–Crippen MR) is 176 cm³/mol. The van der Waals surface area contributed by atoms with Gasteiger partial charge in [0.25, 0.3) is 5.56 Å². The topological polar surface area (TPSA) is 109 Å². The molecule has 0 saturated heterocycles. The van der Waals surface area contributed by atoms with Crippen LogP contribution >= 0.6 is 0 Å². The van der Waals surface area contributed by atoms with Crippen LogP contribution in [0.3, 0.4) is 0 Å². The first kappa shape index (κ1) is 34.5. The highest BCUT2D eigenvalue weighted by molar-refractivity contribution is 6.76. The molecule has 236 valence electrons. The van der Waals surface area contributed by atoms with E-state index >= 15 is 0 Å². The Balaban J connectivity index is 2.15. The molecule has 0 bridgehead atoms. The highest BCUT2D eigenvalue weighted by Gasteiger charge is 2.37. The smallest absolute Gasteiger partial charge is 0.419 e. The summed E-state index contributed by atoms with van der Waals surface area (Å²) in [5.41, 5.74) is 0.427. The van der Waals surface area contributed by atoms with Gasteiger partial charge in [-0.15, -0.1) is 0 Å². The Morgan fingerprint density at radius 2 is 1.60 bits per heavy atom. The lowest BCUT2D eigenvalue weighted by Gasteiger charge is -2.36. The summed E-state index contributed by atoms with van der Waals surface area (Å²) in [4.78, 5) is 39.4. The van der Waals surface area contributed by atoms with E-state index in [9.17, 15) is 19.5 Å². The summed E-state index contributed by atoms with van der Waals surface area (Å²) in [6.45, 7) is 23.7. The Bertz CT molecular complexity index is 1550. The second kappa shape index (κ2) is 12.5. The van der Waals surface area contributed by atoms with Crippen LogP contribution in [0.1, 0.15) is 57.5 Å². The number of carboxylic acids is 1. The molecule has 0 atom stereocenters. The molecule has 43 heavy (non-hydrogen) atoms. The molecule has 0 radical (unpaired) electrons. The van der Waals surface area contributed by atoms with Crippen LogP contribution < -0.4 is 5.56 Å². The zero-order valence-corrected chi connectivity index (χ0v) is 29.6. The van der Waals surface area contributed by atoms with Crippen LogP contribution in [0.15, 0.2) is 41.3 Å². The largest absolute Gasteiger partial charge is 0.478 e. The lowest BCUT2D eigenvalue weighted by Crippen LogP contribution is -2.40. The second-order valence-corrected chi connectivity index (χ2v) is 25.3. The third kappa shape index (κ3) is 8.78. The molecule has 0 aliphatic carbocycles. The molecule has 0 aliphatic rings. The number of hydrogen-bond acceptors (Lipinski definition) is 6. The van der Waals surface area contributed by atoms with Gasteiger partial charge in [-0.1, -0.05) is 46.5 Å². The number of nitrogens with zero attached hydrogens (tertiary/aromatic N) is 2. The fourth-order valence-corrected chi connectivity index (χ4v) is 5.83. The van der Waals surface area contributed by atoms with E-state index < -0.39 is 39.6 Å². The molecule has 2 aromatic heterocycles. The van der Waals surface area contributed by atoms with E-state index in [1.54, 1.807) is 26.8 Å². The number of carbonyl (C=O) groups excluding carboxylic acids is 1. The number of benzene rings is 1. The van der Waals surface area contributed by atoms with Gasteiger partial charge in [0.1, 0.15) is 12.3 Å². The minimum atomic E-state index is -2.00. The van der Waals surface area contributed by atoms with Gasteiger partial charge in [0, 0.05) is 26.3 Å². The van der Waals surface area contributed by atoms with Crippen molar-refractivity contribution in [1.82, 2.24) is 9.13 Å². The summed E-state index contributed by atoms with van der Waals surface area (Å²) in [6.07, 6.45) is 0.611. The summed E-state index contributed by atoms with van der Waals surface area (Å²) >= 11 is 0. The van der Waals surface area contributed by atoms with Crippen molar-refractivity contribution in [1.29, 1.82) is 0 Å². The molecule has 0 aliphatic heterocycles.